The molecule has 0 bridgehead atoms. The normalized spacial score (nSPS) is 11.2. The Morgan fingerprint density at radius 2 is 1.77 bits per heavy atom. The molecule has 0 saturated heterocycles. The lowest BCUT2D eigenvalue weighted by atomic mass is 10.3. The van der Waals surface area contributed by atoms with Crippen molar-refractivity contribution in [2.45, 2.75) is 11.8 Å². The zero-order chi connectivity index (χ0) is 21.8. The van der Waals surface area contributed by atoms with Gasteiger partial charge >= 0.3 is 0 Å². The van der Waals surface area contributed by atoms with Gasteiger partial charge in [0.25, 0.3) is 10.0 Å². The number of sulfonamides is 1. The highest BCUT2D eigenvalue weighted by Crippen LogP contribution is 2.27. The number of aromatic nitrogens is 4. The van der Waals surface area contributed by atoms with E-state index in [9.17, 15) is 8.42 Å². The van der Waals surface area contributed by atoms with Crippen molar-refractivity contribution in [3.63, 3.8) is 0 Å². The summed E-state index contributed by atoms with van der Waals surface area (Å²) in [4.78, 5) is 8.67. The quantitative estimate of drug-likeness (QED) is 0.471. The van der Waals surface area contributed by atoms with Gasteiger partial charge in [-0.15, -0.1) is 0 Å². The Bertz CT molecular complexity index is 1290. The lowest BCUT2D eigenvalue weighted by Crippen LogP contribution is -2.13. The van der Waals surface area contributed by atoms with Crippen LogP contribution in [0.5, 0.6) is 17.4 Å². The van der Waals surface area contributed by atoms with Crippen LogP contribution in [0.15, 0.2) is 78.0 Å². The molecule has 1 N–H and O–H groups in total. The van der Waals surface area contributed by atoms with Gasteiger partial charge in [-0.05, 0) is 49.4 Å². The minimum Gasteiger partial charge on any atom is -0.495 e. The van der Waals surface area contributed by atoms with Crippen molar-refractivity contribution in [1.82, 2.24) is 19.7 Å². The van der Waals surface area contributed by atoms with Crippen molar-refractivity contribution in [3.8, 4) is 23.2 Å². The number of anilines is 1. The second-order valence-corrected chi connectivity index (χ2v) is 8.10. The lowest BCUT2D eigenvalue weighted by molar-refractivity contribution is 0.403. The van der Waals surface area contributed by atoms with E-state index in [1.54, 1.807) is 78.6 Å². The molecule has 0 unspecified atom stereocenters. The molecule has 0 aliphatic carbocycles. The number of benzene rings is 2. The number of hydrogen-bond donors (Lipinski definition) is 1. The maximum atomic E-state index is 12.7. The molecule has 31 heavy (non-hydrogen) atoms. The van der Waals surface area contributed by atoms with Gasteiger partial charge in [-0.25, -0.2) is 18.1 Å². The van der Waals surface area contributed by atoms with Crippen LogP contribution >= 0.6 is 0 Å². The minimum absolute atomic E-state index is 0.0560. The van der Waals surface area contributed by atoms with Crippen LogP contribution in [-0.2, 0) is 10.0 Å². The van der Waals surface area contributed by atoms with E-state index in [2.05, 4.69) is 19.8 Å². The number of rotatable bonds is 7. The largest absolute Gasteiger partial charge is 0.495 e. The number of aryl methyl sites for hydroxylation is 1. The molecule has 10 heteroatoms. The van der Waals surface area contributed by atoms with Gasteiger partial charge in [0.05, 0.1) is 7.11 Å². The molecule has 0 amide bonds. The Labute approximate surface area is 179 Å². The van der Waals surface area contributed by atoms with Gasteiger partial charge in [0.15, 0.2) is 5.82 Å². The highest BCUT2D eigenvalue weighted by Gasteiger charge is 2.19. The molecule has 0 radical (unpaired) electrons. The summed E-state index contributed by atoms with van der Waals surface area (Å²) in [6.45, 7) is 1.76. The highest BCUT2D eigenvalue weighted by atomic mass is 32.2. The molecule has 158 valence electrons. The average Bonchev–Trinajstić information content (AvgIpc) is 3.30. The molecule has 0 atom stereocenters. The molecule has 0 saturated carbocycles. The Balaban J connectivity index is 1.52. The van der Waals surface area contributed by atoms with Gasteiger partial charge in [0, 0.05) is 24.1 Å². The monoisotopic (exact) mass is 437 g/mol. The fraction of sp³-hybridized carbons (Fsp3) is 0.0952. The predicted molar refractivity (Wildman–Crippen MR) is 114 cm³/mol. The summed E-state index contributed by atoms with van der Waals surface area (Å²) in [5.41, 5.74) is 0.384. The Kier molecular flexibility index (Phi) is 5.54. The van der Waals surface area contributed by atoms with Crippen LogP contribution < -0.4 is 14.2 Å². The number of nitrogens with one attached hydrogen (secondary N) is 1. The van der Waals surface area contributed by atoms with E-state index >= 15 is 0 Å². The van der Waals surface area contributed by atoms with Crippen molar-refractivity contribution < 1.29 is 17.9 Å². The smallest absolute Gasteiger partial charge is 0.265 e. The third-order valence-electron chi connectivity index (χ3n) is 4.23. The van der Waals surface area contributed by atoms with Crippen LogP contribution in [0.2, 0.25) is 0 Å². The van der Waals surface area contributed by atoms with E-state index < -0.39 is 10.0 Å². The summed E-state index contributed by atoms with van der Waals surface area (Å²) < 4.78 is 40.5. The van der Waals surface area contributed by atoms with Crippen molar-refractivity contribution in [2.75, 3.05) is 11.8 Å². The van der Waals surface area contributed by atoms with Crippen molar-refractivity contribution in [2.24, 2.45) is 0 Å². The number of nitrogens with zero attached hydrogens (tertiary/aromatic N) is 4. The fourth-order valence-electron chi connectivity index (χ4n) is 2.86. The number of para-hydroxylation sites is 1. The van der Waals surface area contributed by atoms with E-state index in [1.165, 1.54) is 13.2 Å². The maximum Gasteiger partial charge on any atom is 0.265 e. The zero-order valence-electron chi connectivity index (χ0n) is 16.8. The molecule has 4 rings (SSSR count). The summed E-state index contributed by atoms with van der Waals surface area (Å²) >= 11 is 0. The van der Waals surface area contributed by atoms with Gasteiger partial charge < -0.3 is 9.47 Å². The van der Waals surface area contributed by atoms with Gasteiger partial charge in [-0.1, -0.05) is 12.1 Å². The minimum atomic E-state index is -3.81. The SMILES string of the molecule is COc1ccccc1S(=O)(=O)Nc1ccc(Oc2cc(-n3cccn3)nc(C)n2)cc1. The first-order valence-corrected chi connectivity index (χ1v) is 10.7. The summed E-state index contributed by atoms with van der Waals surface area (Å²) in [6.07, 6.45) is 3.43. The third kappa shape index (κ3) is 4.64. The molecule has 2 aromatic carbocycles. The lowest BCUT2D eigenvalue weighted by Gasteiger charge is -2.12. The van der Waals surface area contributed by atoms with E-state index in [0.29, 0.717) is 29.0 Å². The second kappa shape index (κ2) is 8.44. The fourth-order valence-corrected chi connectivity index (χ4v) is 4.09. The molecule has 2 aromatic heterocycles. The second-order valence-electron chi connectivity index (χ2n) is 6.45. The van der Waals surface area contributed by atoms with E-state index in [-0.39, 0.29) is 10.6 Å². The molecule has 0 aliphatic heterocycles. The van der Waals surface area contributed by atoms with Crippen LogP contribution in [0.1, 0.15) is 5.82 Å². The summed E-state index contributed by atoms with van der Waals surface area (Å²) in [5.74, 6) is 2.21. The molecular weight excluding hydrogens is 418 g/mol. The van der Waals surface area contributed by atoms with Gasteiger partial charge in [-0.2, -0.15) is 10.1 Å². The van der Waals surface area contributed by atoms with E-state index in [0.717, 1.165) is 0 Å². The Morgan fingerprint density at radius 3 is 2.48 bits per heavy atom. The van der Waals surface area contributed by atoms with Crippen molar-refractivity contribution in [3.05, 3.63) is 78.9 Å². The molecule has 9 nitrogen and oxygen atoms in total. The summed E-state index contributed by atoms with van der Waals surface area (Å²) in [5, 5.41) is 4.16. The number of ether oxygens (including phenoxy) is 2. The standard InChI is InChI=1S/C21H19N5O4S/c1-15-23-20(26-13-5-12-22-26)14-21(24-15)30-17-10-8-16(9-11-17)25-31(27,28)19-7-4-3-6-18(19)29-2/h3-14,25H,1-2H3. The van der Waals surface area contributed by atoms with Gasteiger partial charge in [0.2, 0.25) is 5.88 Å². The molecule has 0 fully saturated rings. The third-order valence-corrected chi connectivity index (χ3v) is 5.65. The highest BCUT2D eigenvalue weighted by molar-refractivity contribution is 7.92. The van der Waals surface area contributed by atoms with Crippen LogP contribution in [-0.4, -0.2) is 35.3 Å². The zero-order valence-corrected chi connectivity index (χ0v) is 17.6. The molecule has 0 aliphatic rings. The Morgan fingerprint density at radius 1 is 1.00 bits per heavy atom. The topological polar surface area (TPSA) is 108 Å². The number of methoxy groups -OCH3 is 1. The van der Waals surface area contributed by atoms with Crippen molar-refractivity contribution >= 4 is 15.7 Å². The molecule has 4 aromatic rings. The van der Waals surface area contributed by atoms with Crippen LogP contribution in [0.4, 0.5) is 5.69 Å². The summed E-state index contributed by atoms with van der Waals surface area (Å²) in [6, 6.07) is 16.4. The summed E-state index contributed by atoms with van der Waals surface area (Å²) in [7, 11) is -2.39. The predicted octanol–water partition coefficient (Wildman–Crippen LogP) is 3.57. The van der Waals surface area contributed by atoms with Gasteiger partial charge in [-0.3, -0.25) is 4.72 Å². The Hall–Kier alpha value is -3.92. The van der Waals surface area contributed by atoms with Crippen molar-refractivity contribution in [1.29, 1.82) is 0 Å². The maximum absolute atomic E-state index is 12.7. The first-order valence-electron chi connectivity index (χ1n) is 9.24. The van der Waals surface area contributed by atoms with Gasteiger partial charge in [0.1, 0.15) is 22.2 Å². The average molecular weight is 437 g/mol. The first-order chi connectivity index (χ1) is 14.9. The van der Waals surface area contributed by atoms with Crippen LogP contribution in [0, 0.1) is 6.92 Å². The molecular formula is C21H19N5O4S. The number of hydrogen-bond acceptors (Lipinski definition) is 7. The molecule has 0 spiro atoms. The van der Waals surface area contributed by atoms with Crippen LogP contribution in [0.25, 0.3) is 5.82 Å². The van der Waals surface area contributed by atoms with Crippen LogP contribution in [0.3, 0.4) is 0 Å². The molecule has 2 heterocycles. The van der Waals surface area contributed by atoms with E-state index in [1.807, 2.05) is 0 Å². The first kappa shape index (κ1) is 20.4. The van der Waals surface area contributed by atoms with E-state index in [4.69, 9.17) is 9.47 Å².